The number of hydrogen-bond donors (Lipinski definition) is 0. The molecule has 5 rings (SSSR count). The average Bonchev–Trinajstić information content (AvgIpc) is 3.23. The fourth-order valence-corrected chi connectivity index (χ4v) is 6.09. The number of halogens is 2. The van der Waals surface area contributed by atoms with E-state index in [0.29, 0.717) is 26.2 Å². The highest BCUT2D eigenvalue weighted by atomic mass is 127. The maximum Gasteiger partial charge on any atom is 0.338 e. The van der Waals surface area contributed by atoms with Crippen LogP contribution in [-0.4, -0.2) is 24.3 Å². The molecule has 192 valence electrons. The molecule has 2 heterocycles. The van der Waals surface area contributed by atoms with E-state index in [1.165, 1.54) is 28.0 Å². The molecule has 38 heavy (non-hydrogen) atoms. The molecule has 3 aromatic carbocycles. The van der Waals surface area contributed by atoms with Crippen LogP contribution < -0.4 is 19.6 Å². The number of nitrogens with zero attached hydrogens (tertiary/aromatic N) is 2. The Morgan fingerprint density at radius 3 is 2.53 bits per heavy atom. The van der Waals surface area contributed by atoms with E-state index in [4.69, 9.17) is 14.5 Å². The summed E-state index contributed by atoms with van der Waals surface area (Å²) >= 11 is 3.42. The normalized spacial score (nSPS) is 15.2. The van der Waals surface area contributed by atoms with Gasteiger partial charge in [0.05, 0.1) is 39.1 Å². The van der Waals surface area contributed by atoms with Gasteiger partial charge in [-0.15, -0.1) is 0 Å². The number of ether oxygens (including phenoxy) is 2. The summed E-state index contributed by atoms with van der Waals surface area (Å²) in [5.74, 6) is -0.254. The third kappa shape index (κ3) is 4.95. The number of carbonyl (C=O) groups excluding carboxylic acids is 1. The summed E-state index contributed by atoms with van der Waals surface area (Å²) in [6.45, 7) is 1.88. The molecular formula is C29H22FIN2O4S. The topological polar surface area (TPSA) is 69.9 Å². The Morgan fingerprint density at radius 2 is 1.87 bits per heavy atom. The summed E-state index contributed by atoms with van der Waals surface area (Å²) in [4.78, 5) is 32.5. The molecule has 1 unspecified atom stereocenters. The molecule has 0 aliphatic carbocycles. The minimum atomic E-state index is -0.848. The summed E-state index contributed by atoms with van der Waals surface area (Å²) in [6, 6.07) is 19.9. The molecule has 9 heteroatoms. The van der Waals surface area contributed by atoms with Crippen LogP contribution in [-0.2, 0) is 9.53 Å². The van der Waals surface area contributed by atoms with Gasteiger partial charge in [-0.2, -0.15) is 0 Å². The third-order valence-corrected chi connectivity index (χ3v) is 7.86. The van der Waals surface area contributed by atoms with Crippen molar-refractivity contribution in [2.75, 3.05) is 13.7 Å². The van der Waals surface area contributed by atoms with Crippen LogP contribution in [0, 0.1) is 9.39 Å². The fraction of sp³-hybridized carbons (Fsp3) is 0.138. The minimum absolute atomic E-state index is 0.154. The minimum Gasteiger partial charge on any atom is -0.496 e. The van der Waals surface area contributed by atoms with Crippen LogP contribution in [0.15, 0.2) is 88.2 Å². The van der Waals surface area contributed by atoms with E-state index in [1.807, 2.05) is 48.5 Å². The van der Waals surface area contributed by atoms with E-state index in [9.17, 15) is 14.0 Å². The van der Waals surface area contributed by atoms with E-state index < -0.39 is 17.8 Å². The van der Waals surface area contributed by atoms with Gasteiger partial charge in [-0.25, -0.2) is 14.2 Å². The van der Waals surface area contributed by atoms with Crippen LogP contribution in [0.3, 0.4) is 0 Å². The second kappa shape index (κ2) is 11.0. The van der Waals surface area contributed by atoms with Crippen LogP contribution in [0.2, 0.25) is 0 Å². The van der Waals surface area contributed by atoms with Gasteiger partial charge in [0.1, 0.15) is 11.6 Å². The van der Waals surface area contributed by atoms with Gasteiger partial charge in [-0.3, -0.25) is 9.36 Å². The van der Waals surface area contributed by atoms with Gasteiger partial charge < -0.3 is 9.47 Å². The summed E-state index contributed by atoms with van der Waals surface area (Å²) in [6.07, 6.45) is 1.80. The van der Waals surface area contributed by atoms with Crippen molar-refractivity contribution >= 4 is 51.7 Å². The first-order valence-electron chi connectivity index (χ1n) is 11.8. The van der Waals surface area contributed by atoms with Gasteiger partial charge in [0.25, 0.3) is 5.56 Å². The van der Waals surface area contributed by atoms with Gasteiger partial charge in [0.2, 0.25) is 0 Å². The number of aromatic nitrogens is 1. The maximum atomic E-state index is 13.9. The van der Waals surface area contributed by atoms with Crippen LogP contribution in [0.4, 0.5) is 4.39 Å². The molecule has 0 spiro atoms. The Hall–Kier alpha value is -3.57. The number of esters is 1. The number of methoxy groups -OCH3 is 1. The van der Waals surface area contributed by atoms with Crippen LogP contribution in [0.5, 0.6) is 5.75 Å². The summed E-state index contributed by atoms with van der Waals surface area (Å²) in [5, 5.41) is 0. The average molecular weight is 640 g/mol. The van der Waals surface area contributed by atoms with Gasteiger partial charge in [0.15, 0.2) is 4.80 Å². The standard InChI is InChI=1S/C29H22FIN2O4S/c1-3-37-28(35)24-25(18-7-5-4-6-8-18)32-29-33(26(24)19-10-12-20(30)13-11-19)27(34)23(38-29)16-17-9-14-22(36-2)21(31)15-17/h4-16,26H,3H2,1-2H3/b23-16-. The van der Waals surface area contributed by atoms with E-state index in [-0.39, 0.29) is 17.7 Å². The molecule has 0 fully saturated rings. The highest BCUT2D eigenvalue weighted by Crippen LogP contribution is 2.35. The molecule has 1 aliphatic heterocycles. The molecule has 1 atom stereocenters. The first-order chi connectivity index (χ1) is 18.4. The predicted molar refractivity (Wildman–Crippen MR) is 153 cm³/mol. The van der Waals surface area contributed by atoms with Gasteiger partial charge in [-0.1, -0.05) is 59.9 Å². The molecule has 0 amide bonds. The van der Waals surface area contributed by atoms with E-state index in [0.717, 1.165) is 14.9 Å². The largest absolute Gasteiger partial charge is 0.496 e. The van der Waals surface area contributed by atoms with Crippen molar-refractivity contribution < 1.29 is 18.7 Å². The second-order valence-electron chi connectivity index (χ2n) is 8.38. The highest BCUT2D eigenvalue weighted by molar-refractivity contribution is 14.1. The number of hydrogen-bond acceptors (Lipinski definition) is 6. The van der Waals surface area contributed by atoms with Crippen molar-refractivity contribution in [2.45, 2.75) is 13.0 Å². The van der Waals surface area contributed by atoms with Crippen LogP contribution in [0.1, 0.15) is 29.7 Å². The van der Waals surface area contributed by atoms with Crippen molar-refractivity contribution in [1.82, 2.24) is 4.57 Å². The zero-order chi connectivity index (χ0) is 26.8. The van der Waals surface area contributed by atoms with Gasteiger partial charge in [0, 0.05) is 5.56 Å². The number of thiazole rings is 1. The SMILES string of the molecule is CCOC(=O)C1=C(c2ccccc2)N=c2s/c(=C\c3ccc(OC)c(I)c3)c(=O)n2C1c1ccc(F)cc1. The Labute approximate surface area is 235 Å². The maximum absolute atomic E-state index is 13.9. The molecule has 1 aliphatic rings. The molecule has 4 aromatic rings. The number of rotatable bonds is 6. The van der Waals surface area contributed by atoms with E-state index in [1.54, 1.807) is 32.2 Å². The highest BCUT2D eigenvalue weighted by Gasteiger charge is 2.35. The molecule has 0 bridgehead atoms. The lowest BCUT2D eigenvalue weighted by molar-refractivity contribution is -0.138. The van der Waals surface area contributed by atoms with Crippen molar-refractivity contribution in [3.05, 3.63) is 124 Å². The second-order valence-corrected chi connectivity index (χ2v) is 10.5. The van der Waals surface area contributed by atoms with E-state index in [2.05, 4.69) is 22.6 Å². The number of benzene rings is 3. The molecular weight excluding hydrogens is 618 g/mol. The van der Waals surface area contributed by atoms with Gasteiger partial charge >= 0.3 is 5.97 Å². The van der Waals surface area contributed by atoms with Crippen molar-refractivity contribution in [2.24, 2.45) is 4.99 Å². The molecule has 0 saturated carbocycles. The Bertz CT molecular complexity index is 1730. The quantitative estimate of drug-likeness (QED) is 0.227. The smallest absolute Gasteiger partial charge is 0.338 e. The third-order valence-electron chi connectivity index (χ3n) is 6.03. The zero-order valence-electron chi connectivity index (χ0n) is 20.5. The fourth-order valence-electron chi connectivity index (χ4n) is 4.32. The number of fused-ring (bicyclic) bond motifs is 1. The van der Waals surface area contributed by atoms with Gasteiger partial charge in [-0.05, 0) is 71.0 Å². The lowest BCUT2D eigenvalue weighted by Gasteiger charge is -2.25. The summed E-state index contributed by atoms with van der Waals surface area (Å²) in [7, 11) is 1.61. The predicted octanol–water partition coefficient (Wildman–Crippen LogP) is 4.69. The first-order valence-corrected chi connectivity index (χ1v) is 13.7. The molecule has 0 N–H and O–H groups in total. The first kappa shape index (κ1) is 26.1. The van der Waals surface area contributed by atoms with Crippen molar-refractivity contribution in [3.63, 3.8) is 0 Å². The number of carbonyl (C=O) groups is 1. The zero-order valence-corrected chi connectivity index (χ0v) is 23.5. The van der Waals surface area contributed by atoms with Crippen LogP contribution >= 0.6 is 33.9 Å². The molecule has 0 radical (unpaired) electrons. The molecule has 0 saturated heterocycles. The monoisotopic (exact) mass is 640 g/mol. The molecule has 1 aromatic heterocycles. The van der Waals surface area contributed by atoms with Crippen molar-refractivity contribution in [3.8, 4) is 5.75 Å². The molecule has 6 nitrogen and oxygen atoms in total. The lowest BCUT2D eigenvalue weighted by Crippen LogP contribution is -2.40. The summed E-state index contributed by atoms with van der Waals surface area (Å²) < 4.78 is 27.5. The Balaban J connectivity index is 1.80. The Morgan fingerprint density at radius 1 is 1.13 bits per heavy atom. The Kier molecular flexibility index (Phi) is 7.57. The summed E-state index contributed by atoms with van der Waals surface area (Å²) in [5.41, 5.74) is 2.46. The lowest BCUT2D eigenvalue weighted by atomic mass is 9.93. The van der Waals surface area contributed by atoms with Crippen LogP contribution in [0.25, 0.3) is 11.8 Å². The van der Waals surface area contributed by atoms with Crippen molar-refractivity contribution in [1.29, 1.82) is 0 Å². The van der Waals surface area contributed by atoms with E-state index >= 15 is 0 Å².